The van der Waals surface area contributed by atoms with Crippen LogP contribution in [0.5, 0.6) is 0 Å². The molecular weight excluding hydrogens is 551 g/mol. The van der Waals surface area contributed by atoms with Crippen LogP contribution in [0.2, 0.25) is 0 Å². The lowest BCUT2D eigenvalue weighted by Gasteiger charge is -2.40. The maximum absolute atomic E-state index is 13.8. The molecule has 2 aliphatic rings. The Kier molecular flexibility index (Phi) is 10.5. The molecule has 226 valence electrons. The van der Waals surface area contributed by atoms with Gasteiger partial charge in [-0.05, 0) is 82.2 Å². The third-order valence-corrected chi connectivity index (χ3v) is 10.5. The quantitative estimate of drug-likeness (QED) is 0.374. The molecule has 2 aromatic carbocycles. The van der Waals surface area contributed by atoms with Crippen molar-refractivity contribution in [3.05, 3.63) is 65.7 Å². The first kappa shape index (κ1) is 31.5. The van der Waals surface area contributed by atoms with Crippen LogP contribution in [0.4, 0.5) is 13.2 Å². The number of sulfonamides is 1. The summed E-state index contributed by atoms with van der Waals surface area (Å²) in [5.74, 6) is 0.584. The average molecular weight is 594 g/mol. The first-order valence-electron chi connectivity index (χ1n) is 14.7. The van der Waals surface area contributed by atoms with E-state index in [9.17, 15) is 26.4 Å². The SMILES string of the molecule is CC(C)N(C1CCN(C(=O)[C@H](Cc2ccccc2)NCC2CCCCC2)CC1)S(=O)(=O)c1cccc(C(F)(F)F)c1. The molecule has 1 N–H and O–H groups in total. The third-order valence-electron chi connectivity index (χ3n) is 8.34. The van der Waals surface area contributed by atoms with Crippen molar-refractivity contribution in [3.8, 4) is 0 Å². The molecule has 1 heterocycles. The number of nitrogens with zero attached hydrogens (tertiary/aromatic N) is 2. The van der Waals surface area contributed by atoms with Gasteiger partial charge in [0.15, 0.2) is 0 Å². The van der Waals surface area contributed by atoms with Gasteiger partial charge in [0.05, 0.1) is 16.5 Å². The molecule has 1 saturated carbocycles. The number of rotatable bonds is 10. The first-order valence-corrected chi connectivity index (χ1v) is 16.2. The third kappa shape index (κ3) is 8.11. The Bertz CT molecular complexity index is 1240. The minimum Gasteiger partial charge on any atom is -0.341 e. The second-order valence-corrected chi connectivity index (χ2v) is 13.5. The van der Waals surface area contributed by atoms with Crippen molar-refractivity contribution in [3.63, 3.8) is 0 Å². The molecule has 0 unspecified atom stereocenters. The van der Waals surface area contributed by atoms with Crippen molar-refractivity contribution >= 4 is 15.9 Å². The number of benzene rings is 2. The van der Waals surface area contributed by atoms with E-state index in [1.807, 2.05) is 35.2 Å². The van der Waals surface area contributed by atoms with Crippen LogP contribution in [-0.4, -0.2) is 61.3 Å². The Morgan fingerprint density at radius 2 is 1.63 bits per heavy atom. The number of hydrogen-bond acceptors (Lipinski definition) is 4. The van der Waals surface area contributed by atoms with Gasteiger partial charge in [0.2, 0.25) is 15.9 Å². The van der Waals surface area contributed by atoms with Crippen molar-refractivity contribution < 1.29 is 26.4 Å². The molecule has 0 bridgehead atoms. The molecule has 41 heavy (non-hydrogen) atoms. The van der Waals surface area contributed by atoms with Crippen LogP contribution < -0.4 is 5.32 Å². The zero-order valence-corrected chi connectivity index (χ0v) is 24.8. The van der Waals surface area contributed by atoms with Crippen LogP contribution in [0.3, 0.4) is 0 Å². The van der Waals surface area contributed by atoms with Gasteiger partial charge in [-0.3, -0.25) is 4.79 Å². The second-order valence-electron chi connectivity index (χ2n) is 11.7. The molecule has 0 aromatic heterocycles. The standard InChI is InChI=1S/C31H42F3N3O3S/c1-23(2)37(41(39,40)28-15-9-14-26(21-28)31(32,33)34)27-16-18-36(19-17-27)30(38)29(20-24-10-5-3-6-11-24)35-22-25-12-7-4-8-13-25/h3,5-6,9-11,14-15,21,23,25,27,29,35H,4,7-8,12-13,16-20,22H2,1-2H3/t29-/m0/s1. The fraction of sp³-hybridized carbons (Fsp3) is 0.581. The molecule has 6 nitrogen and oxygen atoms in total. The lowest BCUT2D eigenvalue weighted by Crippen LogP contribution is -2.55. The fourth-order valence-electron chi connectivity index (χ4n) is 6.21. The van der Waals surface area contributed by atoms with Gasteiger partial charge in [-0.1, -0.05) is 55.7 Å². The largest absolute Gasteiger partial charge is 0.416 e. The summed E-state index contributed by atoms with van der Waals surface area (Å²) in [5.41, 5.74) is 0.0860. The van der Waals surface area contributed by atoms with Crippen molar-refractivity contribution in [2.45, 2.75) is 94.4 Å². The molecule has 0 radical (unpaired) electrons. The Morgan fingerprint density at radius 3 is 2.24 bits per heavy atom. The highest BCUT2D eigenvalue weighted by Gasteiger charge is 2.39. The highest BCUT2D eigenvalue weighted by atomic mass is 32.2. The van der Waals surface area contributed by atoms with E-state index >= 15 is 0 Å². The van der Waals surface area contributed by atoms with E-state index in [0.29, 0.717) is 44.3 Å². The predicted molar refractivity (Wildman–Crippen MR) is 154 cm³/mol. The maximum atomic E-state index is 13.8. The van der Waals surface area contributed by atoms with E-state index in [2.05, 4.69) is 5.32 Å². The molecule has 1 saturated heterocycles. The predicted octanol–water partition coefficient (Wildman–Crippen LogP) is 5.88. The molecule has 1 amide bonds. The normalized spacial score (nSPS) is 18.7. The Morgan fingerprint density at radius 1 is 0.976 bits per heavy atom. The van der Waals surface area contributed by atoms with E-state index in [1.54, 1.807) is 13.8 Å². The molecule has 1 aliphatic carbocycles. The number of piperidine rings is 1. The van der Waals surface area contributed by atoms with Crippen LogP contribution in [0, 0.1) is 5.92 Å². The highest BCUT2D eigenvalue weighted by molar-refractivity contribution is 7.89. The summed E-state index contributed by atoms with van der Waals surface area (Å²) in [4.78, 5) is 15.2. The summed E-state index contributed by atoms with van der Waals surface area (Å²) in [6.45, 7) is 5.04. The summed E-state index contributed by atoms with van der Waals surface area (Å²) in [6, 6.07) is 12.6. The van der Waals surface area contributed by atoms with Gasteiger partial charge in [0.1, 0.15) is 0 Å². The van der Waals surface area contributed by atoms with Gasteiger partial charge in [-0.25, -0.2) is 8.42 Å². The van der Waals surface area contributed by atoms with Crippen LogP contribution in [0.1, 0.15) is 69.9 Å². The van der Waals surface area contributed by atoms with Crippen molar-refractivity contribution in [2.24, 2.45) is 5.92 Å². The molecule has 0 spiro atoms. The highest BCUT2D eigenvalue weighted by Crippen LogP contribution is 2.33. The Labute approximate surface area is 242 Å². The number of nitrogens with one attached hydrogen (secondary N) is 1. The Balaban J connectivity index is 1.45. The number of halogens is 3. The van der Waals surface area contributed by atoms with Gasteiger partial charge in [0.25, 0.3) is 0 Å². The van der Waals surface area contributed by atoms with E-state index < -0.39 is 33.8 Å². The van der Waals surface area contributed by atoms with Crippen LogP contribution >= 0.6 is 0 Å². The summed E-state index contributed by atoms with van der Waals surface area (Å²) >= 11 is 0. The van der Waals surface area contributed by atoms with Crippen LogP contribution in [0.25, 0.3) is 0 Å². The van der Waals surface area contributed by atoms with E-state index in [-0.39, 0.29) is 16.8 Å². The minimum atomic E-state index is -4.64. The van der Waals surface area contributed by atoms with Crippen molar-refractivity contribution in [2.75, 3.05) is 19.6 Å². The number of carbonyl (C=O) groups excluding carboxylic acids is 1. The van der Waals surface area contributed by atoms with Crippen molar-refractivity contribution in [1.82, 2.24) is 14.5 Å². The van der Waals surface area contributed by atoms with Gasteiger partial charge in [-0.2, -0.15) is 17.5 Å². The zero-order chi connectivity index (χ0) is 29.6. The lowest BCUT2D eigenvalue weighted by atomic mass is 9.89. The zero-order valence-electron chi connectivity index (χ0n) is 23.9. The van der Waals surface area contributed by atoms with E-state index in [1.165, 1.54) is 42.5 Å². The van der Waals surface area contributed by atoms with Crippen LogP contribution in [0.15, 0.2) is 59.5 Å². The number of hydrogen-bond donors (Lipinski definition) is 1. The summed E-state index contributed by atoms with van der Waals surface area (Å²) in [7, 11) is -4.18. The van der Waals surface area contributed by atoms with Crippen LogP contribution in [-0.2, 0) is 27.4 Å². The van der Waals surface area contributed by atoms with Gasteiger partial charge in [0, 0.05) is 25.2 Å². The summed E-state index contributed by atoms with van der Waals surface area (Å²) < 4.78 is 68.4. The topological polar surface area (TPSA) is 69.7 Å². The second kappa shape index (κ2) is 13.7. The molecule has 1 atom stereocenters. The summed E-state index contributed by atoms with van der Waals surface area (Å²) in [6.07, 6.45) is 2.86. The van der Waals surface area contributed by atoms with E-state index in [0.717, 1.165) is 24.2 Å². The molecule has 2 fully saturated rings. The summed E-state index contributed by atoms with van der Waals surface area (Å²) in [5, 5.41) is 3.56. The fourth-order valence-corrected chi connectivity index (χ4v) is 8.14. The number of amides is 1. The number of carbonyl (C=O) groups is 1. The molecular formula is C31H42F3N3O3S. The average Bonchev–Trinajstić information content (AvgIpc) is 2.96. The first-order chi connectivity index (χ1) is 19.5. The minimum absolute atomic E-state index is 0.0138. The maximum Gasteiger partial charge on any atom is 0.416 e. The van der Waals surface area contributed by atoms with Crippen molar-refractivity contribution in [1.29, 1.82) is 0 Å². The van der Waals surface area contributed by atoms with Gasteiger partial charge >= 0.3 is 6.18 Å². The number of likely N-dealkylation sites (tertiary alicyclic amines) is 1. The number of alkyl halides is 3. The van der Waals surface area contributed by atoms with Gasteiger partial charge in [-0.15, -0.1) is 0 Å². The van der Waals surface area contributed by atoms with Gasteiger partial charge < -0.3 is 10.2 Å². The lowest BCUT2D eigenvalue weighted by molar-refractivity contribution is -0.137. The molecule has 4 rings (SSSR count). The monoisotopic (exact) mass is 593 g/mol. The molecule has 1 aliphatic heterocycles. The molecule has 10 heteroatoms. The molecule has 2 aromatic rings. The smallest absolute Gasteiger partial charge is 0.341 e. The Hall–Kier alpha value is -2.43. The van der Waals surface area contributed by atoms with E-state index in [4.69, 9.17) is 0 Å².